The zero-order chi connectivity index (χ0) is 15.8. The Bertz CT molecular complexity index is 582. The zero-order valence-electron chi connectivity index (χ0n) is 13.1. The molecule has 1 aromatic rings. The van der Waals surface area contributed by atoms with Gasteiger partial charge in [-0.1, -0.05) is 6.07 Å². The lowest BCUT2D eigenvalue weighted by Crippen LogP contribution is -2.31. The van der Waals surface area contributed by atoms with Gasteiger partial charge in [0.15, 0.2) is 0 Å². The van der Waals surface area contributed by atoms with Gasteiger partial charge in [0.25, 0.3) is 5.91 Å². The summed E-state index contributed by atoms with van der Waals surface area (Å²) in [5.74, 6) is -0.0818. The number of amides is 3. The minimum absolute atomic E-state index is 0.0818. The van der Waals surface area contributed by atoms with Crippen LogP contribution in [0.1, 0.15) is 19.4 Å². The maximum atomic E-state index is 12.3. The van der Waals surface area contributed by atoms with Crippen molar-refractivity contribution in [2.24, 2.45) is 5.41 Å². The molecule has 1 N–H and O–H groups in total. The molecule has 1 aromatic carbocycles. The average molecular weight is 291 g/mol. The molecule has 1 saturated heterocycles. The number of carbonyl (C=O) groups excluding carboxylic acids is 2. The molecule has 1 aliphatic rings. The van der Waals surface area contributed by atoms with Crippen LogP contribution in [0.3, 0.4) is 0 Å². The van der Waals surface area contributed by atoms with Crippen molar-refractivity contribution in [1.29, 1.82) is 0 Å². The van der Waals surface area contributed by atoms with Crippen molar-refractivity contribution >= 4 is 23.3 Å². The number of carbonyl (C=O) groups is 2. The van der Waals surface area contributed by atoms with Gasteiger partial charge in [-0.3, -0.25) is 9.63 Å². The SMILES string of the molecule is Cc1ccc(NC(=O)N(C)C)cc1N1OCC(C)(C)C1=O. The summed E-state index contributed by atoms with van der Waals surface area (Å²) in [6.45, 7) is 5.94. The van der Waals surface area contributed by atoms with E-state index >= 15 is 0 Å². The third-order valence-electron chi connectivity index (χ3n) is 3.40. The minimum atomic E-state index is -0.532. The predicted molar refractivity (Wildman–Crippen MR) is 81.1 cm³/mol. The Kier molecular flexibility index (Phi) is 3.91. The molecule has 1 fully saturated rings. The summed E-state index contributed by atoms with van der Waals surface area (Å²) < 4.78 is 0. The van der Waals surface area contributed by atoms with E-state index in [2.05, 4.69) is 5.32 Å². The Hall–Kier alpha value is -2.08. The summed E-state index contributed by atoms with van der Waals surface area (Å²) in [7, 11) is 3.33. The topological polar surface area (TPSA) is 61.9 Å². The first kappa shape index (κ1) is 15.3. The summed E-state index contributed by atoms with van der Waals surface area (Å²) in [6, 6.07) is 5.17. The second kappa shape index (κ2) is 5.37. The number of aryl methyl sites for hydroxylation is 1. The van der Waals surface area contributed by atoms with Gasteiger partial charge < -0.3 is 10.2 Å². The van der Waals surface area contributed by atoms with Gasteiger partial charge in [-0.05, 0) is 38.5 Å². The molecule has 0 bridgehead atoms. The van der Waals surface area contributed by atoms with Crippen molar-refractivity contribution in [2.45, 2.75) is 20.8 Å². The lowest BCUT2D eigenvalue weighted by Gasteiger charge is -2.20. The zero-order valence-corrected chi connectivity index (χ0v) is 13.1. The summed E-state index contributed by atoms with van der Waals surface area (Å²) in [4.78, 5) is 31.0. The molecule has 114 valence electrons. The van der Waals surface area contributed by atoms with Gasteiger partial charge in [0.1, 0.15) is 0 Å². The second-order valence-electron chi connectivity index (χ2n) is 6.08. The van der Waals surface area contributed by atoms with E-state index in [1.165, 1.54) is 9.96 Å². The predicted octanol–water partition coefficient (Wildman–Crippen LogP) is 2.39. The Balaban J connectivity index is 2.28. The summed E-state index contributed by atoms with van der Waals surface area (Å²) >= 11 is 0. The number of hydrogen-bond acceptors (Lipinski definition) is 3. The highest BCUT2D eigenvalue weighted by molar-refractivity contribution is 5.98. The van der Waals surface area contributed by atoms with Crippen LogP contribution in [0.15, 0.2) is 18.2 Å². The Morgan fingerprint density at radius 3 is 2.57 bits per heavy atom. The molecule has 0 aromatic heterocycles. The Labute approximate surface area is 124 Å². The number of nitrogens with one attached hydrogen (secondary N) is 1. The number of hydroxylamine groups is 1. The first-order valence-corrected chi connectivity index (χ1v) is 6.79. The number of nitrogens with zero attached hydrogens (tertiary/aromatic N) is 2. The first-order chi connectivity index (χ1) is 9.72. The van der Waals surface area contributed by atoms with Gasteiger partial charge in [-0.25, -0.2) is 4.79 Å². The van der Waals surface area contributed by atoms with Crippen molar-refractivity contribution in [2.75, 3.05) is 31.1 Å². The fourth-order valence-electron chi connectivity index (χ4n) is 1.94. The van der Waals surface area contributed by atoms with Crippen LogP contribution >= 0.6 is 0 Å². The Morgan fingerprint density at radius 2 is 2.05 bits per heavy atom. The van der Waals surface area contributed by atoms with Gasteiger partial charge in [-0.15, -0.1) is 0 Å². The average Bonchev–Trinajstić information content (AvgIpc) is 2.67. The lowest BCUT2D eigenvalue weighted by atomic mass is 9.94. The van der Waals surface area contributed by atoms with Crippen LogP contribution < -0.4 is 10.4 Å². The Morgan fingerprint density at radius 1 is 1.38 bits per heavy atom. The molecule has 1 heterocycles. The maximum absolute atomic E-state index is 12.3. The van der Waals surface area contributed by atoms with Crippen LogP contribution in [0.25, 0.3) is 0 Å². The highest BCUT2D eigenvalue weighted by atomic mass is 16.7. The highest BCUT2D eigenvalue weighted by Crippen LogP contribution is 2.34. The van der Waals surface area contributed by atoms with Crippen LogP contribution in [-0.4, -0.2) is 37.5 Å². The lowest BCUT2D eigenvalue weighted by molar-refractivity contribution is -0.124. The molecular weight excluding hydrogens is 270 g/mol. The van der Waals surface area contributed by atoms with Crippen molar-refractivity contribution < 1.29 is 14.4 Å². The standard InChI is InChI=1S/C15H21N3O3/c1-10-6-7-11(16-14(20)17(4)5)8-12(10)18-13(19)15(2,3)9-21-18/h6-8H,9H2,1-5H3,(H,16,20). The molecular formula is C15H21N3O3. The van der Waals surface area contributed by atoms with Crippen LogP contribution in [0.4, 0.5) is 16.2 Å². The van der Waals surface area contributed by atoms with Gasteiger partial charge in [0, 0.05) is 19.8 Å². The maximum Gasteiger partial charge on any atom is 0.321 e. The third-order valence-corrected chi connectivity index (χ3v) is 3.40. The van der Waals surface area contributed by atoms with Gasteiger partial charge >= 0.3 is 6.03 Å². The van der Waals surface area contributed by atoms with E-state index in [0.717, 1.165) is 5.56 Å². The van der Waals surface area contributed by atoms with Gasteiger partial charge in [0.2, 0.25) is 0 Å². The monoisotopic (exact) mass is 291 g/mol. The van der Waals surface area contributed by atoms with Gasteiger partial charge in [-0.2, -0.15) is 5.06 Å². The number of rotatable bonds is 2. The van der Waals surface area contributed by atoms with E-state index in [4.69, 9.17) is 4.84 Å². The fraction of sp³-hybridized carbons (Fsp3) is 0.467. The van der Waals surface area contributed by atoms with E-state index in [-0.39, 0.29) is 11.9 Å². The molecule has 2 rings (SSSR count). The minimum Gasteiger partial charge on any atom is -0.331 e. The number of anilines is 2. The molecule has 0 atom stereocenters. The van der Waals surface area contributed by atoms with Crippen molar-refractivity contribution in [3.8, 4) is 0 Å². The van der Waals surface area contributed by atoms with Crippen LogP contribution in [0.2, 0.25) is 0 Å². The molecule has 6 nitrogen and oxygen atoms in total. The molecule has 0 unspecified atom stereocenters. The molecule has 0 radical (unpaired) electrons. The van der Waals surface area contributed by atoms with Gasteiger partial charge in [0.05, 0.1) is 17.7 Å². The molecule has 0 aliphatic carbocycles. The smallest absolute Gasteiger partial charge is 0.321 e. The molecule has 6 heteroatoms. The fourth-order valence-corrected chi connectivity index (χ4v) is 1.94. The second-order valence-corrected chi connectivity index (χ2v) is 6.08. The molecule has 3 amide bonds. The largest absolute Gasteiger partial charge is 0.331 e. The van der Waals surface area contributed by atoms with Crippen molar-refractivity contribution in [3.63, 3.8) is 0 Å². The molecule has 21 heavy (non-hydrogen) atoms. The summed E-state index contributed by atoms with van der Waals surface area (Å²) in [5, 5.41) is 4.08. The van der Waals surface area contributed by atoms with E-state index < -0.39 is 5.41 Å². The molecule has 1 aliphatic heterocycles. The quantitative estimate of drug-likeness (QED) is 0.910. The molecule has 0 spiro atoms. The normalized spacial score (nSPS) is 17.0. The van der Waals surface area contributed by atoms with Crippen LogP contribution in [-0.2, 0) is 9.63 Å². The number of benzene rings is 1. The highest BCUT2D eigenvalue weighted by Gasteiger charge is 2.41. The van der Waals surface area contributed by atoms with E-state index in [0.29, 0.717) is 18.0 Å². The van der Waals surface area contributed by atoms with Crippen molar-refractivity contribution in [3.05, 3.63) is 23.8 Å². The van der Waals surface area contributed by atoms with Crippen LogP contribution in [0, 0.1) is 12.3 Å². The summed E-state index contributed by atoms with van der Waals surface area (Å²) in [5.41, 5.74) is 1.65. The summed E-state index contributed by atoms with van der Waals surface area (Å²) in [6.07, 6.45) is 0. The van der Waals surface area contributed by atoms with E-state index in [1.54, 1.807) is 26.2 Å². The number of urea groups is 1. The first-order valence-electron chi connectivity index (χ1n) is 6.79. The van der Waals surface area contributed by atoms with Crippen LogP contribution in [0.5, 0.6) is 0 Å². The molecule has 0 saturated carbocycles. The van der Waals surface area contributed by atoms with E-state index in [1.807, 2.05) is 26.8 Å². The third kappa shape index (κ3) is 3.00. The number of hydrogen-bond donors (Lipinski definition) is 1. The van der Waals surface area contributed by atoms with E-state index in [9.17, 15) is 9.59 Å². The van der Waals surface area contributed by atoms with Crippen molar-refractivity contribution in [1.82, 2.24) is 4.90 Å².